The Balaban J connectivity index is 1.49. The van der Waals surface area contributed by atoms with Crippen molar-refractivity contribution in [2.75, 3.05) is 25.0 Å². The first kappa shape index (κ1) is 19.5. The highest BCUT2D eigenvalue weighted by Gasteiger charge is 2.26. The fourth-order valence-corrected chi connectivity index (χ4v) is 4.00. The molecule has 3 heterocycles. The van der Waals surface area contributed by atoms with E-state index >= 15 is 0 Å². The van der Waals surface area contributed by atoms with E-state index in [1.54, 1.807) is 10.9 Å². The lowest BCUT2D eigenvalue weighted by Crippen LogP contribution is -2.42. The second kappa shape index (κ2) is 8.29. The molecule has 7 heteroatoms. The van der Waals surface area contributed by atoms with Gasteiger partial charge in [0.1, 0.15) is 0 Å². The number of aryl methyl sites for hydroxylation is 1. The third-order valence-electron chi connectivity index (χ3n) is 5.36. The van der Waals surface area contributed by atoms with Crippen LogP contribution in [0.3, 0.4) is 0 Å². The molecule has 1 N–H and O–H groups in total. The number of fused-ring (bicyclic) bond motifs is 1. The Labute approximate surface area is 171 Å². The van der Waals surface area contributed by atoms with E-state index in [2.05, 4.69) is 39.1 Å². The number of hydrogen-bond acceptors (Lipinski definition) is 5. The lowest BCUT2D eigenvalue weighted by molar-refractivity contribution is -0.121. The monoisotopic (exact) mass is 392 g/mol. The van der Waals surface area contributed by atoms with Crippen molar-refractivity contribution >= 4 is 22.8 Å². The lowest BCUT2D eigenvalue weighted by Gasteiger charge is -2.32. The van der Waals surface area contributed by atoms with E-state index in [0.717, 1.165) is 54.5 Å². The SMILES string of the molecule is CC(C)CN1CCC[C@H](C(=O)Nc2ncc3ccc(-c4cnn(C)c4)cc3n2)C1. The zero-order valence-electron chi connectivity index (χ0n) is 17.3. The number of nitrogens with zero attached hydrogens (tertiary/aromatic N) is 5. The standard InChI is InChI=1S/C22H28N6O/c1-15(2)12-28-8-4-5-18(14-28)21(29)26-22-23-10-17-7-6-16(9-20(17)25-22)19-11-24-27(3)13-19/h6-7,9-11,13,15,18H,4-5,8,12,14H2,1-3H3,(H,23,25,26,29)/t18-/m0/s1. The van der Waals surface area contributed by atoms with Crippen LogP contribution in [0.25, 0.3) is 22.0 Å². The molecule has 1 aliphatic rings. The fraction of sp³-hybridized carbons (Fsp3) is 0.455. The smallest absolute Gasteiger partial charge is 0.231 e. The minimum atomic E-state index is -0.0106. The number of amides is 1. The van der Waals surface area contributed by atoms with Crippen molar-refractivity contribution in [3.63, 3.8) is 0 Å². The summed E-state index contributed by atoms with van der Waals surface area (Å²) in [6.07, 6.45) is 7.53. The zero-order chi connectivity index (χ0) is 20.4. The number of aromatic nitrogens is 4. The predicted molar refractivity (Wildman–Crippen MR) is 114 cm³/mol. The van der Waals surface area contributed by atoms with Gasteiger partial charge in [0.25, 0.3) is 0 Å². The summed E-state index contributed by atoms with van der Waals surface area (Å²) < 4.78 is 1.78. The number of carbonyl (C=O) groups excluding carboxylic acids is 1. The number of nitrogens with one attached hydrogen (secondary N) is 1. The first-order valence-corrected chi connectivity index (χ1v) is 10.3. The van der Waals surface area contributed by atoms with Gasteiger partial charge in [-0.15, -0.1) is 0 Å². The van der Waals surface area contributed by atoms with Gasteiger partial charge < -0.3 is 4.90 Å². The van der Waals surface area contributed by atoms with E-state index in [9.17, 15) is 4.79 Å². The van der Waals surface area contributed by atoms with Gasteiger partial charge in [0, 0.05) is 43.5 Å². The Kier molecular flexibility index (Phi) is 5.58. The maximum atomic E-state index is 12.8. The normalized spacial score (nSPS) is 17.7. The van der Waals surface area contributed by atoms with Crippen molar-refractivity contribution < 1.29 is 4.79 Å². The van der Waals surface area contributed by atoms with Crippen molar-refractivity contribution in [3.8, 4) is 11.1 Å². The Bertz CT molecular complexity index is 1010. The molecule has 7 nitrogen and oxygen atoms in total. The number of rotatable bonds is 5. The second-order valence-corrected chi connectivity index (χ2v) is 8.35. The van der Waals surface area contributed by atoms with Gasteiger partial charge in [-0.25, -0.2) is 9.97 Å². The summed E-state index contributed by atoms with van der Waals surface area (Å²) in [6, 6.07) is 6.04. The summed E-state index contributed by atoms with van der Waals surface area (Å²) in [5.74, 6) is 0.978. The molecule has 1 aromatic carbocycles. The van der Waals surface area contributed by atoms with Gasteiger partial charge in [-0.05, 0) is 36.9 Å². The largest absolute Gasteiger partial charge is 0.302 e. The maximum Gasteiger partial charge on any atom is 0.231 e. The van der Waals surface area contributed by atoms with Crippen LogP contribution in [-0.4, -0.2) is 50.2 Å². The number of benzene rings is 1. The van der Waals surface area contributed by atoms with Crippen molar-refractivity contribution in [2.45, 2.75) is 26.7 Å². The molecular formula is C22H28N6O. The average molecular weight is 393 g/mol. The molecule has 152 valence electrons. The van der Waals surface area contributed by atoms with E-state index in [1.165, 1.54) is 0 Å². The number of carbonyl (C=O) groups is 1. The molecule has 1 atom stereocenters. The topological polar surface area (TPSA) is 75.9 Å². The number of likely N-dealkylation sites (tertiary alicyclic amines) is 1. The van der Waals surface area contributed by atoms with Crippen molar-refractivity contribution in [1.29, 1.82) is 0 Å². The summed E-state index contributed by atoms with van der Waals surface area (Å²) in [7, 11) is 1.90. The predicted octanol–water partition coefficient (Wildman–Crippen LogP) is 3.34. The van der Waals surface area contributed by atoms with Crippen LogP contribution in [0.5, 0.6) is 0 Å². The molecule has 0 radical (unpaired) electrons. The molecule has 1 amide bonds. The summed E-state index contributed by atoms with van der Waals surface area (Å²) in [5.41, 5.74) is 2.88. The van der Waals surface area contributed by atoms with Crippen molar-refractivity contribution in [2.24, 2.45) is 18.9 Å². The fourth-order valence-electron chi connectivity index (χ4n) is 4.00. The van der Waals surface area contributed by atoms with Crippen LogP contribution in [-0.2, 0) is 11.8 Å². The van der Waals surface area contributed by atoms with E-state index < -0.39 is 0 Å². The van der Waals surface area contributed by atoms with Gasteiger partial charge in [0.15, 0.2) is 0 Å². The van der Waals surface area contributed by atoms with Crippen LogP contribution in [0.15, 0.2) is 36.8 Å². The van der Waals surface area contributed by atoms with Gasteiger partial charge in [0.2, 0.25) is 11.9 Å². The molecular weight excluding hydrogens is 364 g/mol. The summed E-state index contributed by atoms with van der Waals surface area (Å²) in [5, 5.41) is 8.11. The van der Waals surface area contributed by atoms with Gasteiger partial charge in [-0.3, -0.25) is 14.8 Å². The third kappa shape index (κ3) is 4.62. The van der Waals surface area contributed by atoms with Crippen LogP contribution in [0.2, 0.25) is 0 Å². The molecule has 29 heavy (non-hydrogen) atoms. The molecule has 0 spiro atoms. The van der Waals surface area contributed by atoms with Gasteiger partial charge >= 0.3 is 0 Å². The number of piperidine rings is 1. The Hall–Kier alpha value is -2.80. The van der Waals surface area contributed by atoms with Crippen LogP contribution in [0.1, 0.15) is 26.7 Å². The van der Waals surface area contributed by atoms with E-state index in [0.29, 0.717) is 11.9 Å². The van der Waals surface area contributed by atoms with Gasteiger partial charge in [-0.2, -0.15) is 5.10 Å². The molecule has 0 bridgehead atoms. The van der Waals surface area contributed by atoms with Crippen LogP contribution in [0, 0.1) is 11.8 Å². The van der Waals surface area contributed by atoms with Crippen LogP contribution in [0.4, 0.5) is 5.95 Å². The van der Waals surface area contributed by atoms with Gasteiger partial charge in [0.05, 0.1) is 17.6 Å². The molecule has 2 aromatic heterocycles. The second-order valence-electron chi connectivity index (χ2n) is 8.35. The minimum absolute atomic E-state index is 0.0106. The zero-order valence-corrected chi connectivity index (χ0v) is 17.3. The van der Waals surface area contributed by atoms with E-state index in [-0.39, 0.29) is 11.8 Å². The van der Waals surface area contributed by atoms with Crippen molar-refractivity contribution in [1.82, 2.24) is 24.6 Å². The van der Waals surface area contributed by atoms with Crippen LogP contribution >= 0.6 is 0 Å². The average Bonchev–Trinajstić information content (AvgIpc) is 3.13. The summed E-state index contributed by atoms with van der Waals surface area (Å²) in [6.45, 7) is 7.35. The molecule has 0 saturated carbocycles. The van der Waals surface area contributed by atoms with Crippen molar-refractivity contribution in [3.05, 3.63) is 36.8 Å². The highest BCUT2D eigenvalue weighted by molar-refractivity contribution is 5.92. The number of anilines is 1. The van der Waals surface area contributed by atoms with E-state index in [1.807, 2.05) is 37.6 Å². The molecule has 1 saturated heterocycles. The minimum Gasteiger partial charge on any atom is -0.302 e. The highest BCUT2D eigenvalue weighted by Crippen LogP contribution is 2.24. The highest BCUT2D eigenvalue weighted by atomic mass is 16.2. The molecule has 1 aliphatic heterocycles. The summed E-state index contributed by atoms with van der Waals surface area (Å²) >= 11 is 0. The molecule has 0 unspecified atom stereocenters. The molecule has 0 aliphatic carbocycles. The first-order chi connectivity index (χ1) is 14.0. The molecule has 3 aromatic rings. The summed E-state index contributed by atoms with van der Waals surface area (Å²) in [4.78, 5) is 24.1. The van der Waals surface area contributed by atoms with E-state index in [4.69, 9.17) is 0 Å². The number of hydrogen-bond donors (Lipinski definition) is 1. The lowest BCUT2D eigenvalue weighted by atomic mass is 9.96. The quantitative estimate of drug-likeness (QED) is 0.721. The Morgan fingerprint density at radius 2 is 2.14 bits per heavy atom. The van der Waals surface area contributed by atoms with Gasteiger partial charge in [-0.1, -0.05) is 26.0 Å². The molecule has 4 rings (SSSR count). The maximum absolute atomic E-state index is 12.8. The molecule has 1 fully saturated rings. The van der Waals surface area contributed by atoms with Crippen LogP contribution < -0.4 is 5.32 Å². The third-order valence-corrected chi connectivity index (χ3v) is 5.36. The Morgan fingerprint density at radius 3 is 2.90 bits per heavy atom. The Morgan fingerprint density at radius 1 is 1.28 bits per heavy atom. The first-order valence-electron chi connectivity index (χ1n) is 10.3.